The smallest absolute Gasteiger partial charge is 0.255 e. The molecule has 0 saturated carbocycles. The predicted octanol–water partition coefficient (Wildman–Crippen LogP) is 6.58. The summed E-state index contributed by atoms with van der Waals surface area (Å²) >= 11 is 1.63. The van der Waals surface area contributed by atoms with Crippen LogP contribution in [0.2, 0.25) is 0 Å². The molecule has 0 bridgehead atoms. The summed E-state index contributed by atoms with van der Waals surface area (Å²) in [6, 6.07) is 23.7. The lowest BCUT2D eigenvalue weighted by atomic mass is 9.87. The zero-order chi connectivity index (χ0) is 23.6. The van der Waals surface area contributed by atoms with Gasteiger partial charge < -0.3 is 5.32 Å². The highest BCUT2D eigenvalue weighted by atomic mass is 32.2. The lowest BCUT2D eigenvalue weighted by molar-refractivity contribution is -0.115. The quantitative estimate of drug-likeness (QED) is 0.470. The monoisotopic (exact) mass is 458 g/mol. The summed E-state index contributed by atoms with van der Waals surface area (Å²) in [7, 11) is 0. The summed E-state index contributed by atoms with van der Waals surface area (Å²) in [6.07, 6.45) is 0.932. The van der Waals surface area contributed by atoms with Crippen molar-refractivity contribution in [3.63, 3.8) is 0 Å². The molecule has 0 aromatic heterocycles. The number of nitrogens with one attached hydrogen (secondary N) is 1. The fourth-order valence-corrected chi connectivity index (χ4v) is 5.11. The van der Waals surface area contributed by atoms with Crippen molar-refractivity contribution in [3.05, 3.63) is 95.1 Å². The molecule has 170 valence electrons. The van der Waals surface area contributed by atoms with E-state index >= 15 is 0 Å². The highest BCUT2D eigenvalue weighted by Gasteiger charge is 2.34. The fourth-order valence-electron chi connectivity index (χ4n) is 3.93. The molecule has 1 atom stereocenters. The molecule has 4 nitrogen and oxygen atoms in total. The largest absolute Gasteiger partial charge is 0.322 e. The first-order valence-electron chi connectivity index (χ1n) is 11.3. The van der Waals surface area contributed by atoms with Crippen molar-refractivity contribution < 1.29 is 9.59 Å². The van der Waals surface area contributed by atoms with Crippen LogP contribution in [0.3, 0.4) is 0 Å². The van der Waals surface area contributed by atoms with Gasteiger partial charge in [0.25, 0.3) is 5.91 Å². The predicted molar refractivity (Wildman–Crippen MR) is 138 cm³/mol. The third-order valence-electron chi connectivity index (χ3n) is 5.93. The van der Waals surface area contributed by atoms with Crippen LogP contribution in [0.1, 0.15) is 60.1 Å². The average molecular weight is 459 g/mol. The Kier molecular flexibility index (Phi) is 6.61. The summed E-state index contributed by atoms with van der Waals surface area (Å²) < 4.78 is 0. The number of amides is 2. The lowest BCUT2D eigenvalue weighted by Gasteiger charge is -2.25. The molecule has 0 radical (unpaired) electrons. The zero-order valence-corrected chi connectivity index (χ0v) is 20.4. The van der Waals surface area contributed by atoms with Gasteiger partial charge in [0.05, 0.1) is 5.75 Å². The Hall–Kier alpha value is -3.05. The van der Waals surface area contributed by atoms with Crippen LogP contribution in [0.15, 0.2) is 72.8 Å². The second kappa shape index (κ2) is 9.44. The van der Waals surface area contributed by atoms with Gasteiger partial charge >= 0.3 is 0 Å². The summed E-state index contributed by atoms with van der Waals surface area (Å²) in [6.45, 7) is 8.58. The average Bonchev–Trinajstić information content (AvgIpc) is 3.20. The Bertz CT molecular complexity index is 1150. The van der Waals surface area contributed by atoms with Gasteiger partial charge in [-0.05, 0) is 64.9 Å². The molecular formula is C28H30N2O2S. The van der Waals surface area contributed by atoms with Crippen LogP contribution in [0.4, 0.5) is 11.4 Å². The number of thioether (sulfide) groups is 1. The number of rotatable bonds is 5. The maximum absolute atomic E-state index is 12.7. The Balaban J connectivity index is 1.48. The van der Waals surface area contributed by atoms with E-state index in [9.17, 15) is 9.59 Å². The number of carbonyl (C=O) groups excluding carboxylic acids is 2. The minimum Gasteiger partial charge on any atom is -0.322 e. The van der Waals surface area contributed by atoms with Crippen LogP contribution in [0.25, 0.3) is 0 Å². The van der Waals surface area contributed by atoms with Crippen molar-refractivity contribution >= 4 is 35.0 Å². The summed E-state index contributed by atoms with van der Waals surface area (Å²) in [5.41, 5.74) is 5.80. The van der Waals surface area contributed by atoms with Gasteiger partial charge in [-0.3, -0.25) is 14.5 Å². The Labute approximate surface area is 200 Å². The minimum absolute atomic E-state index is 0.0518. The van der Waals surface area contributed by atoms with E-state index in [2.05, 4.69) is 45.1 Å². The van der Waals surface area contributed by atoms with E-state index in [0.29, 0.717) is 11.3 Å². The molecule has 1 heterocycles. The van der Waals surface area contributed by atoms with Crippen molar-refractivity contribution in [3.8, 4) is 0 Å². The van der Waals surface area contributed by atoms with E-state index < -0.39 is 0 Å². The van der Waals surface area contributed by atoms with Gasteiger partial charge in [0.1, 0.15) is 5.37 Å². The molecule has 1 saturated heterocycles. The van der Waals surface area contributed by atoms with Crippen LogP contribution in [0, 0.1) is 0 Å². The zero-order valence-electron chi connectivity index (χ0n) is 19.6. The lowest BCUT2D eigenvalue weighted by Crippen LogP contribution is -2.27. The maximum atomic E-state index is 12.7. The van der Waals surface area contributed by atoms with E-state index in [-0.39, 0.29) is 22.6 Å². The van der Waals surface area contributed by atoms with Crippen LogP contribution < -0.4 is 10.2 Å². The van der Waals surface area contributed by atoms with E-state index in [0.717, 1.165) is 23.4 Å². The Morgan fingerprint density at radius 3 is 2.36 bits per heavy atom. The van der Waals surface area contributed by atoms with Crippen LogP contribution in [-0.4, -0.2) is 17.6 Å². The number of aryl methyl sites for hydroxylation is 1. The molecule has 1 fully saturated rings. The van der Waals surface area contributed by atoms with Crippen molar-refractivity contribution in [2.75, 3.05) is 16.0 Å². The van der Waals surface area contributed by atoms with Crippen LogP contribution in [0.5, 0.6) is 0 Å². The van der Waals surface area contributed by atoms with Crippen molar-refractivity contribution in [1.82, 2.24) is 0 Å². The van der Waals surface area contributed by atoms with Crippen molar-refractivity contribution in [1.29, 1.82) is 0 Å². The molecule has 4 rings (SSSR count). The SMILES string of the molecule is CCc1cccc(N2C(=O)CS[C@@H]2c2ccc(NC(=O)c3ccc(C(C)(C)C)cc3)cc2)c1. The highest BCUT2D eigenvalue weighted by molar-refractivity contribution is 8.00. The third-order valence-corrected chi connectivity index (χ3v) is 7.14. The molecular weight excluding hydrogens is 428 g/mol. The van der Waals surface area contributed by atoms with Crippen molar-refractivity contribution in [2.24, 2.45) is 0 Å². The maximum Gasteiger partial charge on any atom is 0.255 e. The molecule has 3 aromatic rings. The summed E-state index contributed by atoms with van der Waals surface area (Å²) in [5, 5.41) is 2.90. The fraction of sp³-hybridized carbons (Fsp3) is 0.286. The van der Waals surface area contributed by atoms with Gasteiger partial charge in [0.15, 0.2) is 0 Å². The molecule has 1 aliphatic rings. The number of nitrogens with zero attached hydrogens (tertiary/aromatic N) is 1. The highest BCUT2D eigenvalue weighted by Crippen LogP contribution is 2.42. The molecule has 5 heteroatoms. The molecule has 3 aromatic carbocycles. The summed E-state index contributed by atoms with van der Waals surface area (Å²) in [4.78, 5) is 27.2. The van der Waals surface area contributed by atoms with Crippen LogP contribution in [-0.2, 0) is 16.6 Å². The van der Waals surface area contributed by atoms with Gasteiger partial charge in [-0.1, -0.05) is 64.1 Å². The molecule has 1 N–H and O–H groups in total. The van der Waals surface area contributed by atoms with Gasteiger partial charge in [-0.25, -0.2) is 0 Å². The number of carbonyl (C=O) groups is 2. The molecule has 0 aliphatic carbocycles. The number of benzene rings is 3. The Morgan fingerprint density at radius 2 is 1.73 bits per heavy atom. The first-order valence-corrected chi connectivity index (χ1v) is 12.4. The minimum atomic E-state index is -0.133. The van der Waals surface area contributed by atoms with Crippen LogP contribution >= 0.6 is 11.8 Å². The number of anilines is 2. The second-order valence-corrected chi connectivity index (χ2v) is 10.4. The van der Waals surface area contributed by atoms with E-state index in [4.69, 9.17) is 0 Å². The van der Waals surface area contributed by atoms with E-state index in [1.54, 1.807) is 11.8 Å². The molecule has 1 aliphatic heterocycles. The first kappa shape index (κ1) is 23.1. The van der Waals surface area contributed by atoms with E-state index in [1.807, 2.05) is 65.6 Å². The van der Waals surface area contributed by atoms with Gasteiger partial charge in [-0.2, -0.15) is 0 Å². The number of hydrogen-bond donors (Lipinski definition) is 1. The topological polar surface area (TPSA) is 49.4 Å². The van der Waals surface area contributed by atoms with Gasteiger partial charge in [0.2, 0.25) is 5.91 Å². The van der Waals surface area contributed by atoms with Gasteiger partial charge in [0, 0.05) is 16.9 Å². The molecule has 2 amide bonds. The first-order chi connectivity index (χ1) is 15.8. The van der Waals surface area contributed by atoms with Crippen molar-refractivity contribution in [2.45, 2.75) is 44.9 Å². The molecule has 0 spiro atoms. The standard InChI is InChI=1S/C28H30N2O2S/c1-5-19-7-6-8-24(17-19)30-25(31)18-33-27(30)21-11-15-23(16-12-21)29-26(32)20-9-13-22(14-10-20)28(2,3)4/h6-17,27H,5,18H2,1-4H3,(H,29,32)/t27-/m1/s1. The van der Waals surface area contributed by atoms with Gasteiger partial charge in [-0.15, -0.1) is 11.8 Å². The molecule has 0 unspecified atom stereocenters. The van der Waals surface area contributed by atoms with E-state index in [1.165, 1.54) is 11.1 Å². The molecule has 33 heavy (non-hydrogen) atoms. The normalized spacial score (nSPS) is 16.2. The Morgan fingerprint density at radius 1 is 1.03 bits per heavy atom. The number of hydrogen-bond acceptors (Lipinski definition) is 3. The third kappa shape index (κ3) is 5.14. The summed E-state index contributed by atoms with van der Waals surface area (Å²) in [5.74, 6) is 0.449. The second-order valence-electron chi connectivity index (χ2n) is 9.35.